The van der Waals surface area contributed by atoms with Gasteiger partial charge in [0.1, 0.15) is 12.2 Å². The average molecular weight is 814 g/mol. The summed E-state index contributed by atoms with van der Waals surface area (Å²) >= 11 is 0. The van der Waals surface area contributed by atoms with Crippen LogP contribution in [-0.4, -0.2) is 97.3 Å². The second-order valence-electron chi connectivity index (χ2n) is 20.4. The maximum Gasteiger partial charge on any atom is 0.331 e. The van der Waals surface area contributed by atoms with Crippen LogP contribution in [0.1, 0.15) is 138 Å². The van der Waals surface area contributed by atoms with Crippen LogP contribution in [0.2, 0.25) is 0 Å². The van der Waals surface area contributed by atoms with Crippen molar-refractivity contribution in [3.05, 3.63) is 47.0 Å². The number of methoxy groups -OCH3 is 1. The molecule has 13 atom stereocenters. The topological polar surface area (TPSA) is 203 Å². The molecule has 0 bridgehead atoms. The van der Waals surface area contributed by atoms with Gasteiger partial charge in [0, 0.05) is 10.8 Å². The van der Waals surface area contributed by atoms with Crippen LogP contribution in [0, 0.1) is 39.4 Å². The Balaban J connectivity index is 1.28. The van der Waals surface area contributed by atoms with Crippen molar-refractivity contribution >= 4 is 17.8 Å². The van der Waals surface area contributed by atoms with Crippen LogP contribution in [0.15, 0.2) is 41.5 Å². The number of rotatable bonds is 14. The van der Waals surface area contributed by atoms with Crippen molar-refractivity contribution in [3.63, 3.8) is 0 Å². The zero-order chi connectivity index (χ0) is 43.4. The molecule has 0 saturated heterocycles. The molecule has 7 N–H and O–H groups in total. The molecule has 2 fully saturated rings. The van der Waals surface area contributed by atoms with E-state index in [1.54, 1.807) is 44.2 Å². The van der Waals surface area contributed by atoms with Gasteiger partial charge in [0.05, 0.1) is 49.5 Å². The number of aliphatic hydroxyl groups is 6. The van der Waals surface area contributed by atoms with Crippen molar-refractivity contribution in [2.75, 3.05) is 7.11 Å². The van der Waals surface area contributed by atoms with Gasteiger partial charge in [-0.05, 0) is 106 Å². The summed E-state index contributed by atoms with van der Waals surface area (Å²) in [5.74, 6) is -1.96. The third-order valence-corrected chi connectivity index (χ3v) is 15.7. The van der Waals surface area contributed by atoms with Crippen molar-refractivity contribution < 1.29 is 54.5 Å². The molecule has 0 aliphatic heterocycles. The third-order valence-electron chi connectivity index (χ3n) is 15.7. The van der Waals surface area contributed by atoms with E-state index in [0.717, 1.165) is 39.2 Å². The number of hydrogen-bond donors (Lipinski definition) is 7. The van der Waals surface area contributed by atoms with E-state index in [1.807, 2.05) is 13.8 Å². The molecule has 12 heteroatoms. The fraction of sp³-hybridized carbons (Fsp3) is 0.761. The fourth-order valence-corrected chi connectivity index (χ4v) is 12.3. The van der Waals surface area contributed by atoms with E-state index >= 15 is 0 Å². The standard InChI is InChI=1S/C46H71NO11/c1-26(16-19-33(49)42(4,5)55)28-20-21-45(8)29-17-18-32-41(2,3)39(31(48)23-44(32,7)30(29)22-34(50)46(28,45)9)58-36(52)25-43(6,56)24-35(51)47-37(40(54)57-10)38(53)27-14-12-11-13-15-27/h11-15,26,28,31-34,37-39,48-50,53,55-56H,16-25H2,1-10H3,(H,47,51). The first kappa shape index (κ1) is 46.2. The maximum absolute atomic E-state index is 13.5. The summed E-state index contributed by atoms with van der Waals surface area (Å²) < 4.78 is 10.8. The summed E-state index contributed by atoms with van der Waals surface area (Å²) in [6.07, 6.45) is -0.284. The monoisotopic (exact) mass is 814 g/mol. The lowest BCUT2D eigenvalue weighted by Crippen LogP contribution is -2.62. The highest BCUT2D eigenvalue weighted by Gasteiger charge is 2.67. The van der Waals surface area contributed by atoms with Crippen LogP contribution in [0.25, 0.3) is 0 Å². The normalized spacial score (nSPS) is 34.9. The zero-order valence-corrected chi connectivity index (χ0v) is 36.4. The molecule has 13 unspecified atom stereocenters. The van der Waals surface area contributed by atoms with Gasteiger partial charge in [0.25, 0.3) is 0 Å². The molecule has 326 valence electrons. The largest absolute Gasteiger partial charge is 0.467 e. The first-order valence-electron chi connectivity index (χ1n) is 21.3. The smallest absolute Gasteiger partial charge is 0.331 e. The van der Waals surface area contributed by atoms with Crippen LogP contribution in [0.4, 0.5) is 0 Å². The van der Waals surface area contributed by atoms with E-state index in [-0.39, 0.29) is 28.6 Å². The number of amides is 1. The lowest BCUT2D eigenvalue weighted by atomic mass is 9.42. The van der Waals surface area contributed by atoms with Crippen molar-refractivity contribution in [3.8, 4) is 0 Å². The lowest BCUT2D eigenvalue weighted by molar-refractivity contribution is -0.198. The molecular formula is C46H71NO11. The Morgan fingerprint density at radius 3 is 2.17 bits per heavy atom. The van der Waals surface area contributed by atoms with Crippen LogP contribution in [-0.2, 0) is 23.9 Å². The Morgan fingerprint density at radius 1 is 0.931 bits per heavy atom. The predicted molar refractivity (Wildman–Crippen MR) is 218 cm³/mol. The zero-order valence-electron chi connectivity index (χ0n) is 36.4. The lowest BCUT2D eigenvalue weighted by Gasteiger charge is -2.64. The van der Waals surface area contributed by atoms with E-state index < -0.39 is 89.3 Å². The number of nitrogens with one attached hydrogen (secondary N) is 1. The molecule has 1 aromatic carbocycles. The van der Waals surface area contributed by atoms with Gasteiger partial charge in [-0.25, -0.2) is 4.79 Å². The Hall–Kier alpha value is -2.87. The molecule has 2 saturated carbocycles. The van der Waals surface area contributed by atoms with Gasteiger partial charge in [0.15, 0.2) is 6.04 Å². The van der Waals surface area contributed by atoms with Crippen LogP contribution in [0.3, 0.4) is 0 Å². The second kappa shape index (κ2) is 16.5. The van der Waals surface area contributed by atoms with Crippen molar-refractivity contribution in [2.24, 2.45) is 39.4 Å². The number of carbonyl (C=O) groups excluding carboxylic acids is 3. The van der Waals surface area contributed by atoms with E-state index in [1.165, 1.54) is 18.1 Å². The minimum atomic E-state index is -1.88. The molecule has 0 spiro atoms. The summed E-state index contributed by atoms with van der Waals surface area (Å²) in [6, 6.07) is 6.85. The van der Waals surface area contributed by atoms with Gasteiger partial charge < -0.3 is 45.4 Å². The number of aliphatic hydroxyl groups excluding tert-OH is 4. The van der Waals surface area contributed by atoms with Crippen LogP contribution in [0.5, 0.6) is 0 Å². The van der Waals surface area contributed by atoms with E-state index in [0.29, 0.717) is 24.8 Å². The number of allylic oxidation sites excluding steroid dienone is 1. The van der Waals surface area contributed by atoms with Gasteiger partial charge in [-0.3, -0.25) is 9.59 Å². The molecule has 4 aliphatic rings. The SMILES string of the molecule is COC(=O)C(NC(=O)CC(C)(O)CC(=O)OC1C(O)CC2(C)C3=C(CCC2C1(C)C)C1(C)CCC(C(C)CCC(O)C(C)(C)O)C1(C)C(O)C3)C(O)c1ccccc1. The third kappa shape index (κ3) is 8.40. The molecule has 58 heavy (non-hydrogen) atoms. The number of fused-ring (bicyclic) bond motifs is 4. The number of ether oxygens (including phenoxy) is 2. The fourth-order valence-electron chi connectivity index (χ4n) is 12.3. The maximum atomic E-state index is 13.5. The quantitative estimate of drug-likeness (QED) is 0.0978. The molecule has 1 aromatic rings. The van der Waals surface area contributed by atoms with Crippen molar-refractivity contribution in [1.82, 2.24) is 5.32 Å². The molecule has 5 rings (SSSR count). The number of esters is 2. The van der Waals surface area contributed by atoms with Crippen LogP contribution < -0.4 is 5.32 Å². The highest BCUT2D eigenvalue weighted by molar-refractivity contribution is 5.86. The van der Waals surface area contributed by atoms with E-state index in [4.69, 9.17) is 9.47 Å². The summed E-state index contributed by atoms with van der Waals surface area (Å²) in [5, 5.41) is 69.5. The molecule has 12 nitrogen and oxygen atoms in total. The van der Waals surface area contributed by atoms with Crippen molar-refractivity contribution in [1.29, 1.82) is 0 Å². The van der Waals surface area contributed by atoms with E-state index in [9.17, 15) is 45.0 Å². The number of carbonyl (C=O) groups is 3. The highest BCUT2D eigenvalue weighted by atomic mass is 16.6. The van der Waals surface area contributed by atoms with Gasteiger partial charge in [-0.1, -0.05) is 83.0 Å². The van der Waals surface area contributed by atoms with Gasteiger partial charge >= 0.3 is 11.9 Å². The van der Waals surface area contributed by atoms with Gasteiger partial charge in [-0.15, -0.1) is 0 Å². The summed E-state index contributed by atoms with van der Waals surface area (Å²) in [6.45, 7) is 17.6. The van der Waals surface area contributed by atoms with Gasteiger partial charge in [0.2, 0.25) is 5.91 Å². The number of benzene rings is 1. The van der Waals surface area contributed by atoms with Crippen LogP contribution >= 0.6 is 0 Å². The molecule has 0 heterocycles. The number of hydrogen-bond acceptors (Lipinski definition) is 11. The Morgan fingerprint density at radius 2 is 1.57 bits per heavy atom. The minimum absolute atomic E-state index is 0.0112. The Labute approximate surface area is 344 Å². The van der Waals surface area contributed by atoms with Gasteiger partial charge in [-0.2, -0.15) is 0 Å². The Bertz CT molecular complexity index is 1700. The first-order valence-corrected chi connectivity index (χ1v) is 21.3. The molecule has 0 radical (unpaired) electrons. The summed E-state index contributed by atoms with van der Waals surface area (Å²) in [4.78, 5) is 39.2. The van der Waals surface area contributed by atoms with Crippen molar-refractivity contribution in [2.45, 2.75) is 174 Å². The molecule has 1 amide bonds. The van der Waals surface area contributed by atoms with E-state index in [2.05, 4.69) is 33.0 Å². The Kier molecular flexibility index (Phi) is 13.2. The second-order valence-corrected chi connectivity index (χ2v) is 20.4. The highest BCUT2D eigenvalue weighted by Crippen LogP contribution is 2.72. The predicted octanol–water partition coefficient (Wildman–Crippen LogP) is 5.06. The molecule has 0 aromatic heterocycles. The minimum Gasteiger partial charge on any atom is -0.467 e. The summed E-state index contributed by atoms with van der Waals surface area (Å²) in [5.41, 5.74) is -1.86. The first-order chi connectivity index (χ1) is 26.7. The molecular weight excluding hydrogens is 743 g/mol. The average Bonchev–Trinajstić information content (AvgIpc) is 3.42. The summed E-state index contributed by atoms with van der Waals surface area (Å²) in [7, 11) is 1.14. The molecule has 4 aliphatic carbocycles.